The summed E-state index contributed by atoms with van der Waals surface area (Å²) >= 11 is 0. The number of rotatable bonds is 2. The van der Waals surface area contributed by atoms with Crippen LogP contribution in [0.2, 0.25) is 0 Å². The largest absolute Gasteiger partial charge is 0.326 e. The Morgan fingerprint density at radius 2 is 2.30 bits per heavy atom. The molecule has 0 saturated carbocycles. The van der Waals surface area contributed by atoms with Crippen molar-refractivity contribution in [3.05, 3.63) is 29.8 Å². The molecule has 10 heavy (non-hydrogen) atoms. The summed E-state index contributed by atoms with van der Waals surface area (Å²) in [6.07, 6.45) is 0. The summed E-state index contributed by atoms with van der Waals surface area (Å²) in [5.41, 5.74) is 6.71. The van der Waals surface area contributed by atoms with Gasteiger partial charge in [-0.25, -0.2) is 0 Å². The Morgan fingerprint density at radius 3 is 2.90 bits per heavy atom. The van der Waals surface area contributed by atoms with E-state index in [0.717, 1.165) is 8.58 Å². The number of benzene rings is 1. The van der Waals surface area contributed by atoms with Crippen LogP contribution in [0, 0.1) is 0 Å². The van der Waals surface area contributed by atoms with Gasteiger partial charge in [-0.05, 0) is 17.5 Å². The molecule has 0 aliphatic rings. The fourth-order valence-corrected chi connectivity index (χ4v) is 1.45. The Morgan fingerprint density at radius 1 is 1.50 bits per heavy atom. The van der Waals surface area contributed by atoms with Crippen molar-refractivity contribution in [2.45, 2.75) is 6.54 Å². The molecule has 2 heteroatoms. The molecule has 0 aromatic heterocycles. The second-order valence-electron chi connectivity index (χ2n) is 2.15. The smallest absolute Gasteiger partial charge is 0.0178 e. The molecule has 54 valence electrons. The Hall–Kier alpha value is -0.390. The second kappa shape index (κ2) is 3.70. The average Bonchev–Trinajstić information content (AvgIpc) is 2.05. The molecular formula is C8H12NP. The average molecular weight is 153 g/mol. The first kappa shape index (κ1) is 7.71. The van der Waals surface area contributed by atoms with E-state index < -0.39 is 0 Å². The molecule has 1 aromatic carbocycles. The highest BCUT2D eigenvalue weighted by molar-refractivity contribution is 7.46. The van der Waals surface area contributed by atoms with E-state index in [1.807, 2.05) is 0 Å². The van der Waals surface area contributed by atoms with Crippen molar-refractivity contribution in [1.82, 2.24) is 0 Å². The van der Waals surface area contributed by atoms with E-state index >= 15 is 0 Å². The molecule has 1 rings (SSSR count). The van der Waals surface area contributed by atoms with Gasteiger partial charge in [0, 0.05) is 6.54 Å². The molecule has 0 radical (unpaired) electrons. The molecule has 1 nitrogen and oxygen atoms in total. The molecule has 2 N–H and O–H groups in total. The standard InChI is InChI=1S/C8H12NP/c1-10-8-4-2-3-7(5-8)6-9/h2-5,10H,6,9H2,1H3. The van der Waals surface area contributed by atoms with Gasteiger partial charge in [-0.15, -0.1) is 0 Å². The fourth-order valence-electron chi connectivity index (χ4n) is 0.854. The molecule has 1 atom stereocenters. The molecule has 0 bridgehead atoms. The molecule has 0 aliphatic carbocycles. The van der Waals surface area contributed by atoms with Crippen LogP contribution in [-0.4, -0.2) is 6.66 Å². The molecule has 0 amide bonds. The SMILES string of the molecule is CPc1cccc(CN)c1. The minimum absolute atomic E-state index is 0.651. The van der Waals surface area contributed by atoms with Gasteiger partial charge in [0.2, 0.25) is 0 Å². The summed E-state index contributed by atoms with van der Waals surface area (Å²) in [4.78, 5) is 0. The third-order valence-corrected chi connectivity index (χ3v) is 2.34. The maximum absolute atomic E-state index is 5.48. The van der Waals surface area contributed by atoms with E-state index in [9.17, 15) is 0 Å². The Bertz CT molecular complexity index is 191. The van der Waals surface area contributed by atoms with Gasteiger partial charge in [0.25, 0.3) is 0 Å². The van der Waals surface area contributed by atoms with Crippen LogP contribution in [0.25, 0.3) is 0 Å². The maximum Gasteiger partial charge on any atom is 0.0178 e. The highest BCUT2D eigenvalue weighted by Gasteiger charge is 1.89. The van der Waals surface area contributed by atoms with Gasteiger partial charge in [0.15, 0.2) is 0 Å². The van der Waals surface area contributed by atoms with Crippen LogP contribution < -0.4 is 11.0 Å². The zero-order chi connectivity index (χ0) is 7.40. The fraction of sp³-hybridized carbons (Fsp3) is 0.250. The zero-order valence-corrected chi connectivity index (χ0v) is 7.09. The van der Waals surface area contributed by atoms with Crippen LogP contribution in [0.15, 0.2) is 24.3 Å². The minimum atomic E-state index is 0.651. The van der Waals surface area contributed by atoms with E-state index in [2.05, 4.69) is 30.9 Å². The third-order valence-electron chi connectivity index (χ3n) is 1.45. The Kier molecular flexibility index (Phi) is 2.85. The minimum Gasteiger partial charge on any atom is -0.326 e. The molecule has 1 unspecified atom stereocenters. The lowest BCUT2D eigenvalue weighted by atomic mass is 10.2. The summed E-state index contributed by atoms with van der Waals surface area (Å²) in [6, 6.07) is 8.42. The Balaban J connectivity index is 2.87. The summed E-state index contributed by atoms with van der Waals surface area (Å²) < 4.78 is 0. The van der Waals surface area contributed by atoms with Crippen molar-refractivity contribution < 1.29 is 0 Å². The summed E-state index contributed by atoms with van der Waals surface area (Å²) in [7, 11) is 0.874. The lowest BCUT2D eigenvalue weighted by Gasteiger charge is -1.98. The van der Waals surface area contributed by atoms with Crippen LogP contribution >= 0.6 is 8.58 Å². The van der Waals surface area contributed by atoms with Crippen LogP contribution in [0.4, 0.5) is 0 Å². The Labute approximate surface area is 63.4 Å². The number of nitrogens with two attached hydrogens (primary N) is 1. The van der Waals surface area contributed by atoms with Gasteiger partial charge in [-0.3, -0.25) is 0 Å². The first-order valence-electron chi connectivity index (χ1n) is 3.33. The van der Waals surface area contributed by atoms with Gasteiger partial charge >= 0.3 is 0 Å². The van der Waals surface area contributed by atoms with Crippen LogP contribution in [0.1, 0.15) is 5.56 Å². The molecule has 0 saturated heterocycles. The normalized spacial score (nSPS) is 11.0. The van der Waals surface area contributed by atoms with Crippen molar-refractivity contribution in [2.75, 3.05) is 6.66 Å². The summed E-state index contributed by atoms with van der Waals surface area (Å²) in [5, 5.41) is 1.39. The van der Waals surface area contributed by atoms with Gasteiger partial charge in [-0.1, -0.05) is 32.8 Å². The van der Waals surface area contributed by atoms with Crippen molar-refractivity contribution in [1.29, 1.82) is 0 Å². The van der Waals surface area contributed by atoms with E-state index in [1.54, 1.807) is 0 Å². The van der Waals surface area contributed by atoms with Gasteiger partial charge in [0.1, 0.15) is 0 Å². The van der Waals surface area contributed by atoms with Crippen LogP contribution in [-0.2, 0) is 6.54 Å². The first-order valence-corrected chi connectivity index (χ1v) is 4.83. The lowest BCUT2D eigenvalue weighted by molar-refractivity contribution is 1.07. The van der Waals surface area contributed by atoms with Crippen LogP contribution in [0.5, 0.6) is 0 Å². The zero-order valence-electron chi connectivity index (χ0n) is 6.09. The van der Waals surface area contributed by atoms with Crippen molar-refractivity contribution in [3.8, 4) is 0 Å². The number of hydrogen-bond donors (Lipinski definition) is 1. The van der Waals surface area contributed by atoms with Gasteiger partial charge in [-0.2, -0.15) is 0 Å². The number of hydrogen-bond acceptors (Lipinski definition) is 1. The van der Waals surface area contributed by atoms with Gasteiger partial charge < -0.3 is 5.73 Å². The summed E-state index contributed by atoms with van der Waals surface area (Å²) in [6.45, 7) is 2.83. The van der Waals surface area contributed by atoms with Crippen molar-refractivity contribution in [3.63, 3.8) is 0 Å². The predicted octanol–water partition coefficient (Wildman–Crippen LogP) is 1.08. The van der Waals surface area contributed by atoms with E-state index in [-0.39, 0.29) is 0 Å². The van der Waals surface area contributed by atoms with Crippen molar-refractivity contribution >= 4 is 13.9 Å². The molecule has 0 fully saturated rings. The molecule has 1 aromatic rings. The maximum atomic E-state index is 5.48. The van der Waals surface area contributed by atoms with Crippen molar-refractivity contribution in [2.24, 2.45) is 5.73 Å². The molecule has 0 heterocycles. The van der Waals surface area contributed by atoms with Crippen LogP contribution in [0.3, 0.4) is 0 Å². The monoisotopic (exact) mass is 153 g/mol. The predicted molar refractivity (Wildman–Crippen MR) is 48.2 cm³/mol. The highest BCUT2D eigenvalue weighted by Crippen LogP contribution is 2.05. The molecular weight excluding hydrogens is 141 g/mol. The lowest BCUT2D eigenvalue weighted by Crippen LogP contribution is -2.00. The summed E-state index contributed by atoms with van der Waals surface area (Å²) in [5.74, 6) is 0. The first-order chi connectivity index (χ1) is 4.86. The van der Waals surface area contributed by atoms with E-state index in [1.165, 1.54) is 10.9 Å². The van der Waals surface area contributed by atoms with E-state index in [4.69, 9.17) is 5.73 Å². The molecule has 0 spiro atoms. The molecule has 0 aliphatic heterocycles. The quantitative estimate of drug-likeness (QED) is 0.632. The topological polar surface area (TPSA) is 26.0 Å². The second-order valence-corrected chi connectivity index (χ2v) is 3.23. The van der Waals surface area contributed by atoms with Gasteiger partial charge in [0.05, 0.1) is 0 Å². The highest BCUT2D eigenvalue weighted by atomic mass is 31.1. The third kappa shape index (κ3) is 1.80. The van der Waals surface area contributed by atoms with E-state index in [0.29, 0.717) is 6.54 Å².